The van der Waals surface area contributed by atoms with Crippen molar-refractivity contribution in [3.63, 3.8) is 0 Å². The number of rotatable bonds is 5. The normalized spacial score (nSPS) is 10.5. The molecule has 0 fully saturated rings. The molecule has 0 heterocycles. The van der Waals surface area contributed by atoms with E-state index in [1.807, 2.05) is 73.7 Å². The molecule has 3 rings (SSSR count). The zero-order chi connectivity index (χ0) is 19.4. The van der Waals surface area contributed by atoms with Gasteiger partial charge < -0.3 is 5.32 Å². The Bertz CT molecular complexity index is 983. The first-order valence-corrected chi connectivity index (χ1v) is 10.5. The summed E-state index contributed by atoms with van der Waals surface area (Å²) in [7, 11) is 0. The van der Waals surface area contributed by atoms with E-state index in [2.05, 4.69) is 50.5 Å². The molecule has 0 unspecified atom stereocenters. The Morgan fingerprint density at radius 2 is 1.41 bits per heavy atom. The van der Waals surface area contributed by atoms with Crippen molar-refractivity contribution >= 4 is 62.6 Å². The molecule has 0 saturated carbocycles. The molecule has 1 amide bonds. The fraction of sp³-hybridized carbons (Fsp3) is 0.0909. The summed E-state index contributed by atoms with van der Waals surface area (Å²) >= 11 is 4.24. The number of amides is 1. The van der Waals surface area contributed by atoms with Gasteiger partial charge in [0, 0.05) is 24.8 Å². The van der Waals surface area contributed by atoms with Gasteiger partial charge >= 0.3 is 0 Å². The zero-order valence-corrected chi connectivity index (χ0v) is 18.9. The minimum absolute atomic E-state index is 0.0572. The Morgan fingerprint density at radius 1 is 0.815 bits per heavy atom. The highest BCUT2D eigenvalue weighted by Gasteiger charge is 2.23. The van der Waals surface area contributed by atoms with Gasteiger partial charge in [-0.25, -0.2) is 0 Å². The summed E-state index contributed by atoms with van der Waals surface area (Å²) in [6.45, 7) is 1.99. The highest BCUT2D eigenvalue weighted by Crippen LogP contribution is 2.26. The van der Waals surface area contributed by atoms with Crippen molar-refractivity contribution in [1.82, 2.24) is 0 Å². The van der Waals surface area contributed by atoms with Crippen molar-refractivity contribution in [2.45, 2.75) is 13.3 Å². The van der Waals surface area contributed by atoms with E-state index >= 15 is 0 Å². The van der Waals surface area contributed by atoms with Gasteiger partial charge in [-0.3, -0.25) is 9.59 Å². The van der Waals surface area contributed by atoms with Crippen LogP contribution in [0.4, 0.5) is 5.69 Å². The second-order valence-corrected chi connectivity index (χ2v) is 8.51. The summed E-state index contributed by atoms with van der Waals surface area (Å²) in [6.07, 6.45) is 0.266. The predicted octanol–water partition coefficient (Wildman–Crippen LogP) is 5.88. The lowest BCUT2D eigenvalue weighted by atomic mass is 9.98. The number of benzene rings is 3. The maximum Gasteiger partial charge on any atom is 0.257 e. The van der Waals surface area contributed by atoms with Crippen molar-refractivity contribution in [3.8, 4) is 0 Å². The number of hydrogen-bond acceptors (Lipinski definition) is 2. The fourth-order valence-corrected chi connectivity index (χ4v) is 4.19. The molecule has 3 aromatic rings. The van der Waals surface area contributed by atoms with Gasteiger partial charge in [-0.1, -0.05) is 48.0 Å². The molecular weight excluding hydrogens is 564 g/mol. The average Bonchev–Trinajstić information content (AvgIpc) is 2.65. The first-order chi connectivity index (χ1) is 13.0. The molecule has 0 saturated heterocycles. The molecule has 0 atom stereocenters. The Kier molecular flexibility index (Phi) is 6.64. The zero-order valence-electron chi connectivity index (χ0n) is 14.6. The minimum Gasteiger partial charge on any atom is -0.322 e. The van der Waals surface area contributed by atoms with E-state index in [1.54, 1.807) is 0 Å². The first kappa shape index (κ1) is 20.0. The van der Waals surface area contributed by atoms with Crippen LogP contribution in [-0.4, -0.2) is 11.7 Å². The third-order valence-corrected chi connectivity index (χ3v) is 5.92. The SMILES string of the molecule is Cc1ccc(NC(=O)c2c(I)ccc(I)c2C(=O)Cc2ccccc2)cc1. The first-order valence-electron chi connectivity index (χ1n) is 8.39. The number of anilines is 1. The number of halogens is 2. The molecule has 5 heteroatoms. The number of hydrogen-bond donors (Lipinski definition) is 1. The van der Waals surface area contributed by atoms with E-state index in [9.17, 15) is 9.59 Å². The third kappa shape index (κ3) is 4.95. The number of aryl methyl sites for hydroxylation is 1. The summed E-state index contributed by atoms with van der Waals surface area (Å²) < 4.78 is 1.54. The lowest BCUT2D eigenvalue weighted by molar-refractivity contribution is 0.0970. The monoisotopic (exact) mass is 581 g/mol. The van der Waals surface area contributed by atoms with Crippen LogP contribution in [0.15, 0.2) is 66.7 Å². The van der Waals surface area contributed by atoms with Crippen LogP contribution in [0.2, 0.25) is 0 Å². The van der Waals surface area contributed by atoms with E-state index in [-0.39, 0.29) is 18.1 Å². The predicted molar refractivity (Wildman–Crippen MR) is 125 cm³/mol. The molecule has 0 aromatic heterocycles. The molecule has 1 N–H and O–H groups in total. The van der Waals surface area contributed by atoms with E-state index in [0.29, 0.717) is 16.8 Å². The van der Waals surface area contributed by atoms with Crippen molar-refractivity contribution in [1.29, 1.82) is 0 Å². The topological polar surface area (TPSA) is 46.2 Å². The molecular formula is C22H17I2NO2. The Labute approximate surface area is 185 Å². The summed E-state index contributed by atoms with van der Waals surface area (Å²) in [5.41, 5.74) is 3.68. The number of Topliss-reactive ketones (excluding diaryl/α,β-unsaturated/α-hetero) is 1. The molecule has 0 spiro atoms. The van der Waals surface area contributed by atoms with Crippen molar-refractivity contribution in [2.75, 3.05) is 5.32 Å². The second-order valence-electron chi connectivity index (χ2n) is 6.18. The van der Waals surface area contributed by atoms with Crippen molar-refractivity contribution in [3.05, 3.63) is 96.1 Å². The molecule has 0 aliphatic heterocycles. The fourth-order valence-electron chi connectivity index (χ4n) is 2.75. The molecule has 0 bridgehead atoms. The van der Waals surface area contributed by atoms with E-state index in [1.165, 1.54) is 0 Å². The Balaban J connectivity index is 1.94. The van der Waals surface area contributed by atoms with Gasteiger partial charge in [0.05, 0.1) is 5.56 Å². The van der Waals surface area contributed by atoms with Gasteiger partial charge in [-0.15, -0.1) is 0 Å². The Morgan fingerprint density at radius 3 is 2.04 bits per heavy atom. The summed E-state index contributed by atoms with van der Waals surface area (Å²) in [4.78, 5) is 26.0. The van der Waals surface area contributed by atoms with Gasteiger partial charge in [0.1, 0.15) is 0 Å². The molecule has 0 aliphatic carbocycles. The highest BCUT2D eigenvalue weighted by molar-refractivity contribution is 14.1. The smallest absolute Gasteiger partial charge is 0.257 e. The van der Waals surface area contributed by atoms with E-state index < -0.39 is 0 Å². The maximum atomic E-state index is 13.0. The molecule has 136 valence electrons. The maximum absolute atomic E-state index is 13.0. The van der Waals surface area contributed by atoms with Gasteiger partial charge in [-0.05, 0) is 81.9 Å². The molecule has 3 nitrogen and oxygen atoms in total. The third-order valence-electron chi connectivity index (χ3n) is 4.13. The average molecular weight is 581 g/mol. The molecule has 0 aliphatic rings. The number of ketones is 1. The molecule has 27 heavy (non-hydrogen) atoms. The van der Waals surface area contributed by atoms with Gasteiger partial charge in [-0.2, -0.15) is 0 Å². The van der Waals surface area contributed by atoms with Crippen LogP contribution in [0.5, 0.6) is 0 Å². The van der Waals surface area contributed by atoms with Crippen LogP contribution in [0.1, 0.15) is 31.8 Å². The number of carbonyl (C=O) groups excluding carboxylic acids is 2. The summed E-state index contributed by atoms with van der Waals surface area (Å²) in [5.74, 6) is -0.323. The Hall–Kier alpha value is -1.74. The summed E-state index contributed by atoms with van der Waals surface area (Å²) in [5, 5.41) is 2.91. The largest absolute Gasteiger partial charge is 0.322 e. The second kappa shape index (κ2) is 8.97. The van der Waals surface area contributed by atoms with Crippen LogP contribution in [0.3, 0.4) is 0 Å². The molecule has 3 aromatic carbocycles. The van der Waals surface area contributed by atoms with E-state index in [4.69, 9.17) is 0 Å². The molecule has 0 radical (unpaired) electrons. The van der Waals surface area contributed by atoms with Crippen LogP contribution in [0.25, 0.3) is 0 Å². The van der Waals surface area contributed by atoms with Crippen LogP contribution in [0, 0.1) is 14.1 Å². The van der Waals surface area contributed by atoms with E-state index in [0.717, 1.165) is 18.3 Å². The quantitative estimate of drug-likeness (QED) is 0.302. The number of nitrogens with one attached hydrogen (secondary N) is 1. The van der Waals surface area contributed by atoms with Crippen molar-refractivity contribution in [2.24, 2.45) is 0 Å². The summed E-state index contributed by atoms with van der Waals surface area (Å²) in [6, 6.07) is 20.9. The van der Waals surface area contributed by atoms with Crippen LogP contribution in [-0.2, 0) is 6.42 Å². The van der Waals surface area contributed by atoms with Crippen LogP contribution < -0.4 is 5.32 Å². The van der Waals surface area contributed by atoms with Gasteiger partial charge in [0.2, 0.25) is 0 Å². The standard InChI is InChI=1S/C22H17I2NO2/c1-14-7-9-16(10-8-14)25-22(27)21-18(24)12-11-17(23)20(21)19(26)13-15-5-3-2-4-6-15/h2-12H,13H2,1H3,(H,25,27). The van der Waals surface area contributed by atoms with Gasteiger partial charge in [0.25, 0.3) is 5.91 Å². The number of carbonyl (C=O) groups is 2. The highest BCUT2D eigenvalue weighted by atomic mass is 127. The lowest BCUT2D eigenvalue weighted by Crippen LogP contribution is -2.20. The lowest BCUT2D eigenvalue weighted by Gasteiger charge is -2.14. The van der Waals surface area contributed by atoms with Crippen molar-refractivity contribution < 1.29 is 9.59 Å². The van der Waals surface area contributed by atoms with Crippen LogP contribution >= 0.6 is 45.2 Å². The van der Waals surface area contributed by atoms with Gasteiger partial charge in [0.15, 0.2) is 5.78 Å². The minimum atomic E-state index is -0.266.